The van der Waals surface area contributed by atoms with Crippen LogP contribution in [0.25, 0.3) is 0 Å². The number of benzene rings is 1. The fourth-order valence-corrected chi connectivity index (χ4v) is 5.02. The summed E-state index contributed by atoms with van der Waals surface area (Å²) in [4.78, 5) is 20.1. The van der Waals surface area contributed by atoms with Crippen LogP contribution in [0.1, 0.15) is 59.3 Å². The molecule has 1 heterocycles. The number of hydrogen-bond acceptors (Lipinski definition) is 6. The molecule has 0 saturated heterocycles. The highest BCUT2D eigenvalue weighted by molar-refractivity contribution is 7.85. The number of carbonyl (C=O) groups excluding carboxylic acids is 2. The van der Waals surface area contributed by atoms with Crippen LogP contribution in [0.3, 0.4) is 0 Å². The summed E-state index contributed by atoms with van der Waals surface area (Å²) in [5, 5.41) is 16.5. The minimum Gasteiger partial charge on any atom is -0.398 e. The molecular weight excluding hydrogens is 410 g/mol. The Morgan fingerprint density at radius 1 is 1.17 bits per heavy atom. The molecule has 0 spiro atoms. The van der Waals surface area contributed by atoms with Gasteiger partial charge in [-0.2, -0.15) is 0 Å². The highest BCUT2D eigenvalue weighted by Gasteiger charge is 2.26. The summed E-state index contributed by atoms with van der Waals surface area (Å²) in [5.41, 5.74) is 15.7. The minimum absolute atomic E-state index is 0.250. The van der Waals surface area contributed by atoms with Crippen molar-refractivity contribution in [3.63, 3.8) is 0 Å². The van der Waals surface area contributed by atoms with E-state index in [4.69, 9.17) is 15.7 Å². The second-order valence-corrected chi connectivity index (χ2v) is 9.58. The first kappa shape index (κ1) is 23.2. The zero-order valence-electron chi connectivity index (χ0n) is 16.6. The van der Waals surface area contributed by atoms with E-state index in [1.807, 2.05) is 0 Å². The third-order valence-corrected chi connectivity index (χ3v) is 6.95. The van der Waals surface area contributed by atoms with Crippen LogP contribution in [-0.4, -0.2) is 21.5 Å². The van der Waals surface area contributed by atoms with Crippen molar-refractivity contribution in [2.24, 2.45) is 10.9 Å². The second kappa shape index (κ2) is 9.62. The zero-order valence-corrected chi connectivity index (χ0v) is 18.2. The number of nitrogens with two attached hydrogens (primary N) is 3. The molecule has 4 rings (SSSR count). The van der Waals surface area contributed by atoms with Crippen LogP contribution >= 0.6 is 11.3 Å². The smallest absolute Gasteiger partial charge is 0.204 e. The fraction of sp³-hybridized carbons (Fsp3) is 0.400. The van der Waals surface area contributed by atoms with Gasteiger partial charge in [0.1, 0.15) is 15.2 Å². The number of aliphatic hydroxyl groups is 1. The van der Waals surface area contributed by atoms with E-state index in [2.05, 4.69) is 11.8 Å². The van der Waals surface area contributed by atoms with Gasteiger partial charge in [0.05, 0.1) is 5.60 Å². The molecule has 0 radical (unpaired) electrons. The van der Waals surface area contributed by atoms with Gasteiger partial charge >= 0.3 is 0 Å². The quantitative estimate of drug-likeness (QED) is 0.418. The molecule has 1 amide bonds. The van der Waals surface area contributed by atoms with E-state index in [-0.39, 0.29) is 12.2 Å². The van der Waals surface area contributed by atoms with E-state index in [0.29, 0.717) is 10.6 Å². The van der Waals surface area contributed by atoms with Gasteiger partial charge in [-0.1, -0.05) is 0 Å². The molecule has 7 N–H and O–H groups in total. The first-order valence-corrected chi connectivity index (χ1v) is 11.3. The number of anilines is 1. The van der Waals surface area contributed by atoms with E-state index in [0.717, 1.165) is 41.6 Å². The maximum absolute atomic E-state index is 11.6. The normalized spacial score (nSPS) is 15.4. The highest BCUT2D eigenvalue weighted by Crippen LogP contribution is 2.36. The highest BCUT2D eigenvalue weighted by atomic mass is 32.2. The van der Waals surface area contributed by atoms with Crippen molar-refractivity contribution in [3.8, 4) is 0 Å². The van der Waals surface area contributed by atoms with E-state index in [1.54, 1.807) is 25.3 Å². The number of aryl methyl sites for hydroxylation is 1. The molecular formula is C20H27N3O4S2. The summed E-state index contributed by atoms with van der Waals surface area (Å²) >= 11 is 1.30. The average molecular weight is 438 g/mol. The Morgan fingerprint density at radius 2 is 1.83 bits per heavy atom. The lowest BCUT2D eigenvalue weighted by atomic mass is 9.99. The van der Waals surface area contributed by atoms with Crippen molar-refractivity contribution in [1.82, 2.24) is 0 Å². The van der Waals surface area contributed by atoms with Gasteiger partial charge in [-0.3, -0.25) is 9.59 Å². The van der Waals surface area contributed by atoms with E-state index in [9.17, 15) is 14.1 Å². The molecule has 1 atom stereocenters. The van der Waals surface area contributed by atoms with Gasteiger partial charge < -0.3 is 16.6 Å². The number of fused-ring (bicyclic) bond motifs is 2. The predicted octanol–water partition coefficient (Wildman–Crippen LogP) is 1.94. The third-order valence-electron chi connectivity index (χ3n) is 4.94. The monoisotopic (exact) mass is 437 g/mol. The Bertz CT molecular complexity index is 933. The third kappa shape index (κ3) is 5.51. The summed E-state index contributed by atoms with van der Waals surface area (Å²) < 4.78 is 11.4. The maximum Gasteiger partial charge on any atom is 0.204 e. The van der Waals surface area contributed by atoms with Crippen LogP contribution in [0, 0.1) is 0 Å². The van der Waals surface area contributed by atoms with Crippen molar-refractivity contribution < 1.29 is 18.9 Å². The number of rotatable bonds is 2. The molecule has 2 aromatic rings. The van der Waals surface area contributed by atoms with Gasteiger partial charge in [0, 0.05) is 17.7 Å². The molecule has 0 aliphatic heterocycles. The zero-order chi connectivity index (χ0) is 21.8. The van der Waals surface area contributed by atoms with Crippen LogP contribution in [0.2, 0.25) is 0 Å². The Kier molecular flexibility index (Phi) is 7.70. The van der Waals surface area contributed by atoms with Crippen molar-refractivity contribution in [2.75, 3.05) is 5.73 Å². The number of thiophene rings is 1. The number of primary amides is 1. The van der Waals surface area contributed by atoms with E-state index < -0.39 is 16.6 Å². The van der Waals surface area contributed by atoms with Crippen LogP contribution in [-0.2, 0) is 40.6 Å². The molecule has 29 heavy (non-hydrogen) atoms. The first-order valence-electron chi connectivity index (χ1n) is 9.19. The molecule has 9 heteroatoms. The summed E-state index contributed by atoms with van der Waals surface area (Å²) in [6, 6.07) is 3.75. The maximum atomic E-state index is 11.6. The number of ketones is 1. The Balaban J connectivity index is 0.000000185. The van der Waals surface area contributed by atoms with Gasteiger partial charge in [-0.25, -0.2) is 9.35 Å². The number of amides is 1. The molecule has 0 saturated carbocycles. The Labute approximate surface area is 176 Å². The average Bonchev–Trinajstić information content (AvgIpc) is 3.36. The van der Waals surface area contributed by atoms with Crippen molar-refractivity contribution in [3.05, 3.63) is 45.3 Å². The number of Topliss-reactive ketones (excluding diaryl/α,β-unsaturated/α-hetero) is 1. The lowest BCUT2D eigenvalue weighted by Crippen LogP contribution is -2.14. The standard InChI is InChI=1S/C12H13NO.C7H11NO2S2.CH3NO/c13-12-8-3-1-2-7(8)6-10-9(12)4-5-11(10)14;1-7(2,9)5-3-6(11-4-5)12(8)10;2-1-3/h6H,1-5,13H2;3-4,9H,8H2,1-2H3;1H,(H2,2,3). The molecule has 158 valence electrons. The second-order valence-electron chi connectivity index (χ2n) is 7.38. The molecule has 2 aliphatic rings. The lowest BCUT2D eigenvalue weighted by Gasteiger charge is -2.14. The molecule has 1 aromatic heterocycles. The van der Waals surface area contributed by atoms with Crippen molar-refractivity contribution in [2.45, 2.75) is 55.8 Å². The Hall–Kier alpha value is -2.07. The van der Waals surface area contributed by atoms with Gasteiger partial charge in [0.2, 0.25) is 6.41 Å². The van der Waals surface area contributed by atoms with Crippen LogP contribution in [0.15, 0.2) is 21.7 Å². The molecule has 7 nitrogen and oxygen atoms in total. The van der Waals surface area contributed by atoms with Gasteiger partial charge in [-0.05, 0) is 79.3 Å². The topological polar surface area (TPSA) is 150 Å². The molecule has 2 aliphatic carbocycles. The minimum atomic E-state index is -1.44. The van der Waals surface area contributed by atoms with E-state index >= 15 is 0 Å². The molecule has 0 bridgehead atoms. The largest absolute Gasteiger partial charge is 0.398 e. The Morgan fingerprint density at radius 3 is 2.34 bits per heavy atom. The SMILES string of the molecule is CC(C)(O)c1csc(S(N)=O)c1.NC=O.Nc1c2c(cc3c1CCC3=O)CCC2. The summed E-state index contributed by atoms with van der Waals surface area (Å²) in [6.45, 7) is 3.36. The number of nitrogen functional groups attached to an aromatic ring is 1. The van der Waals surface area contributed by atoms with Crippen molar-refractivity contribution >= 4 is 40.2 Å². The molecule has 0 fully saturated rings. The van der Waals surface area contributed by atoms with Gasteiger partial charge in [-0.15, -0.1) is 11.3 Å². The fourth-order valence-electron chi connectivity index (χ4n) is 3.46. The molecule has 1 unspecified atom stereocenters. The summed E-state index contributed by atoms with van der Waals surface area (Å²) in [6.07, 6.45) is 5.15. The first-order chi connectivity index (χ1) is 13.6. The van der Waals surface area contributed by atoms with Gasteiger partial charge in [0.25, 0.3) is 0 Å². The van der Waals surface area contributed by atoms with Crippen LogP contribution in [0.5, 0.6) is 0 Å². The summed E-state index contributed by atoms with van der Waals surface area (Å²) in [7, 11) is -1.44. The van der Waals surface area contributed by atoms with Crippen LogP contribution < -0.4 is 16.6 Å². The van der Waals surface area contributed by atoms with Crippen molar-refractivity contribution in [1.29, 1.82) is 0 Å². The van der Waals surface area contributed by atoms with Crippen LogP contribution in [0.4, 0.5) is 5.69 Å². The number of hydrogen-bond donors (Lipinski definition) is 4. The predicted molar refractivity (Wildman–Crippen MR) is 116 cm³/mol. The van der Waals surface area contributed by atoms with Gasteiger partial charge in [0.15, 0.2) is 5.78 Å². The van der Waals surface area contributed by atoms with E-state index in [1.165, 1.54) is 28.9 Å². The lowest BCUT2D eigenvalue weighted by molar-refractivity contribution is -0.106. The summed E-state index contributed by atoms with van der Waals surface area (Å²) in [5.74, 6) is 0.279. The molecule has 1 aromatic carbocycles. The number of carbonyl (C=O) groups is 2.